The molecule has 1 amide bonds. The standard InChI is InChI=1S/C30H39N7O7S/c38-29(23-4-1-7-31-22-23)34-30-33-26-24(28-32-8-10-37(28)30)5-6-25(43-15-2-9-35-11-17-41-18-12-35)27(26)44-16-3-21-45(39,40)36-13-19-42-20-14-36/h1,4-7,22,32H,2-3,8-21H2. The molecule has 0 atom stereocenters. The van der Waals surface area contributed by atoms with Crippen molar-refractivity contribution in [3.8, 4) is 11.5 Å². The highest BCUT2D eigenvalue weighted by Crippen LogP contribution is 2.37. The van der Waals surface area contributed by atoms with Crippen molar-refractivity contribution < 1.29 is 32.2 Å². The first-order valence-corrected chi connectivity index (χ1v) is 17.0. The van der Waals surface area contributed by atoms with E-state index in [1.807, 2.05) is 16.7 Å². The van der Waals surface area contributed by atoms with Gasteiger partial charge in [0.15, 0.2) is 11.5 Å². The summed E-state index contributed by atoms with van der Waals surface area (Å²) < 4.78 is 52.4. The topological polar surface area (TPSA) is 150 Å². The maximum absolute atomic E-state index is 13.0. The molecule has 3 aliphatic heterocycles. The van der Waals surface area contributed by atoms with Crippen LogP contribution in [-0.2, 0) is 26.0 Å². The second-order valence-corrected chi connectivity index (χ2v) is 13.1. The monoisotopic (exact) mass is 641 g/mol. The molecule has 6 rings (SSSR count). The number of carbonyl (C=O) groups excluding carboxylic acids is 1. The largest absolute Gasteiger partial charge is 0.490 e. The highest BCUT2D eigenvalue weighted by atomic mass is 32.2. The average molecular weight is 642 g/mol. The first kappa shape index (κ1) is 31.4. The number of nitrogens with zero attached hydrogens (tertiary/aromatic N) is 6. The van der Waals surface area contributed by atoms with Gasteiger partial charge in [-0.3, -0.25) is 19.2 Å². The molecule has 242 valence electrons. The number of carbonyl (C=O) groups is 1. The van der Waals surface area contributed by atoms with Crippen molar-refractivity contribution in [2.24, 2.45) is 4.99 Å². The number of anilines is 1. The lowest BCUT2D eigenvalue weighted by atomic mass is 10.2. The number of ether oxygens (including phenoxy) is 4. The molecule has 3 aliphatic rings. The molecule has 15 heteroatoms. The molecule has 2 fully saturated rings. The Morgan fingerprint density at radius 2 is 1.76 bits per heavy atom. The Hall–Kier alpha value is -3.63. The summed E-state index contributed by atoms with van der Waals surface area (Å²) in [6.07, 6.45) is 4.16. The molecule has 0 saturated carbocycles. The van der Waals surface area contributed by atoms with Crippen LogP contribution in [0, 0.1) is 0 Å². The van der Waals surface area contributed by atoms with Crippen LogP contribution in [0.1, 0.15) is 23.2 Å². The first-order valence-electron chi connectivity index (χ1n) is 15.4. The van der Waals surface area contributed by atoms with Gasteiger partial charge in [0.2, 0.25) is 15.6 Å². The summed E-state index contributed by atoms with van der Waals surface area (Å²) in [6, 6.07) is 7.12. The molecule has 2 aromatic heterocycles. The van der Waals surface area contributed by atoms with Crippen LogP contribution in [0.3, 0.4) is 0 Å². The van der Waals surface area contributed by atoms with E-state index in [1.54, 1.807) is 18.3 Å². The lowest BCUT2D eigenvalue weighted by Crippen LogP contribution is -2.42. The number of hydrogen-bond acceptors (Lipinski definition) is 11. The average Bonchev–Trinajstić information content (AvgIpc) is 3.58. The molecule has 1 N–H and O–H groups in total. The molecule has 3 aromatic rings. The molecular weight excluding hydrogens is 602 g/mol. The molecule has 45 heavy (non-hydrogen) atoms. The smallest absolute Gasteiger partial charge is 0.281 e. The molecule has 14 nitrogen and oxygen atoms in total. The van der Waals surface area contributed by atoms with Crippen molar-refractivity contribution in [3.63, 3.8) is 0 Å². The van der Waals surface area contributed by atoms with Crippen molar-refractivity contribution in [3.05, 3.63) is 47.8 Å². The number of nitrogens with one attached hydrogen (secondary N) is 1. The number of sulfonamides is 1. The number of aromatic nitrogens is 3. The molecule has 0 radical (unpaired) electrons. The molecule has 0 unspecified atom stereocenters. The molecule has 1 aromatic carbocycles. The summed E-state index contributed by atoms with van der Waals surface area (Å²) in [5.41, 5.74) is 1.07. The van der Waals surface area contributed by atoms with E-state index in [1.165, 1.54) is 10.5 Å². The van der Waals surface area contributed by atoms with Gasteiger partial charge in [-0.1, -0.05) is 0 Å². The van der Waals surface area contributed by atoms with Gasteiger partial charge in [0.05, 0.1) is 51.0 Å². The predicted octanol–water partition coefficient (Wildman–Crippen LogP) is 1.13. The van der Waals surface area contributed by atoms with E-state index in [0.717, 1.165) is 50.5 Å². The number of benzene rings is 1. The van der Waals surface area contributed by atoms with E-state index in [4.69, 9.17) is 23.9 Å². The summed E-state index contributed by atoms with van der Waals surface area (Å²) >= 11 is 0. The van der Waals surface area contributed by atoms with Gasteiger partial charge in [-0.2, -0.15) is 9.30 Å². The van der Waals surface area contributed by atoms with Crippen LogP contribution >= 0.6 is 0 Å². The zero-order valence-corrected chi connectivity index (χ0v) is 26.0. The summed E-state index contributed by atoms with van der Waals surface area (Å²) in [5.74, 6) is 1.17. The predicted molar refractivity (Wildman–Crippen MR) is 166 cm³/mol. The normalized spacial score (nSPS) is 18.1. The minimum atomic E-state index is -3.43. The van der Waals surface area contributed by atoms with Crippen LogP contribution < -0.4 is 20.4 Å². The van der Waals surface area contributed by atoms with E-state index >= 15 is 0 Å². The van der Waals surface area contributed by atoms with E-state index in [0.29, 0.717) is 68.6 Å². The summed E-state index contributed by atoms with van der Waals surface area (Å²) in [5, 5.41) is 4.18. The second-order valence-electron chi connectivity index (χ2n) is 11.0. The van der Waals surface area contributed by atoms with E-state index in [-0.39, 0.29) is 24.4 Å². The lowest BCUT2D eigenvalue weighted by Gasteiger charge is -2.26. The molecular formula is C30H39N7O7S. The number of amides is 1. The Morgan fingerprint density at radius 1 is 0.978 bits per heavy atom. The van der Waals surface area contributed by atoms with Gasteiger partial charge in [-0.15, -0.1) is 0 Å². The fourth-order valence-electron chi connectivity index (χ4n) is 5.60. The van der Waals surface area contributed by atoms with Crippen molar-refractivity contribution in [1.29, 1.82) is 0 Å². The van der Waals surface area contributed by atoms with Crippen molar-refractivity contribution in [1.82, 2.24) is 23.7 Å². The highest BCUT2D eigenvalue weighted by molar-refractivity contribution is 7.89. The number of pyridine rings is 1. The SMILES string of the molecule is O=C(N=c1nc2c(OCCCS(=O)(=O)N3CCOCC3)c(OCCCN3CCOCC3)ccc2c2n1CCN2)c1cccnc1. The number of fused-ring (bicyclic) bond motifs is 3. The third kappa shape index (κ3) is 7.61. The van der Waals surface area contributed by atoms with Crippen LogP contribution in [0.2, 0.25) is 0 Å². The number of morpholine rings is 2. The third-order valence-corrected chi connectivity index (χ3v) is 9.90. The Kier molecular flexibility index (Phi) is 10.2. The fraction of sp³-hybridized carbons (Fsp3) is 0.533. The van der Waals surface area contributed by atoms with Crippen molar-refractivity contribution in [2.45, 2.75) is 19.4 Å². The number of rotatable bonds is 12. The van der Waals surface area contributed by atoms with Gasteiger partial charge >= 0.3 is 0 Å². The molecule has 0 aliphatic carbocycles. The van der Waals surface area contributed by atoms with Gasteiger partial charge < -0.3 is 24.3 Å². The Balaban J connectivity index is 1.27. The molecule has 5 heterocycles. The third-order valence-electron chi connectivity index (χ3n) is 7.95. The zero-order valence-electron chi connectivity index (χ0n) is 25.2. The zero-order chi connectivity index (χ0) is 31.1. The highest BCUT2D eigenvalue weighted by Gasteiger charge is 2.25. The van der Waals surface area contributed by atoms with E-state index in [9.17, 15) is 13.2 Å². The van der Waals surface area contributed by atoms with Crippen LogP contribution in [0.4, 0.5) is 5.82 Å². The molecule has 2 saturated heterocycles. The quantitative estimate of drug-likeness (QED) is 0.284. The van der Waals surface area contributed by atoms with Gasteiger partial charge in [-0.05, 0) is 37.1 Å². The van der Waals surface area contributed by atoms with Gasteiger partial charge in [0, 0.05) is 63.6 Å². The van der Waals surface area contributed by atoms with Crippen molar-refractivity contribution in [2.75, 3.05) is 90.0 Å². The lowest BCUT2D eigenvalue weighted by molar-refractivity contribution is 0.0357. The Bertz CT molecular complexity index is 1650. The van der Waals surface area contributed by atoms with Crippen LogP contribution in [0.15, 0.2) is 41.7 Å². The van der Waals surface area contributed by atoms with Gasteiger partial charge in [-0.25, -0.2) is 13.4 Å². The van der Waals surface area contributed by atoms with Crippen LogP contribution in [0.5, 0.6) is 11.5 Å². The molecule has 0 bridgehead atoms. The van der Waals surface area contributed by atoms with Gasteiger partial charge in [0.1, 0.15) is 11.3 Å². The van der Waals surface area contributed by atoms with E-state index in [2.05, 4.69) is 20.2 Å². The molecule has 0 spiro atoms. The van der Waals surface area contributed by atoms with Crippen LogP contribution in [-0.4, -0.2) is 123 Å². The van der Waals surface area contributed by atoms with E-state index < -0.39 is 15.9 Å². The maximum atomic E-state index is 13.0. The second kappa shape index (κ2) is 14.6. The minimum absolute atomic E-state index is 0.0477. The maximum Gasteiger partial charge on any atom is 0.281 e. The fourth-order valence-corrected chi connectivity index (χ4v) is 7.04. The van der Waals surface area contributed by atoms with Crippen molar-refractivity contribution >= 4 is 32.7 Å². The Morgan fingerprint density at radius 3 is 2.53 bits per heavy atom. The van der Waals surface area contributed by atoms with Crippen LogP contribution in [0.25, 0.3) is 10.9 Å². The summed E-state index contributed by atoms with van der Waals surface area (Å²) in [6.45, 7) is 7.53. The minimum Gasteiger partial charge on any atom is -0.490 e. The first-order chi connectivity index (χ1) is 22.0. The Labute approximate surface area is 262 Å². The summed E-state index contributed by atoms with van der Waals surface area (Å²) in [7, 11) is -3.43. The number of hydrogen-bond donors (Lipinski definition) is 1. The summed E-state index contributed by atoms with van der Waals surface area (Å²) in [4.78, 5) is 28.6. The van der Waals surface area contributed by atoms with Gasteiger partial charge in [0.25, 0.3) is 5.91 Å².